The number of benzene rings is 1. The summed E-state index contributed by atoms with van der Waals surface area (Å²) in [5, 5.41) is 3.81. The van der Waals surface area contributed by atoms with Gasteiger partial charge in [-0.15, -0.1) is 0 Å². The summed E-state index contributed by atoms with van der Waals surface area (Å²) in [5.74, 6) is -1.24. The standard InChI is InChI=1S/C22H24F4N4O3/c1-33-21(32)15-6-8-28(11-15)13-19(31)29-9-7-17-18(12-29)30(27-20(17)22(24,25)26)10-14-2-4-16(23)5-3-14/h2-5,15H,6-13H2,1H3. The Morgan fingerprint density at radius 2 is 1.91 bits per heavy atom. The number of ether oxygens (including phenoxy) is 1. The second-order valence-corrected chi connectivity index (χ2v) is 8.36. The molecule has 0 N–H and O–H groups in total. The van der Waals surface area contributed by atoms with Gasteiger partial charge in [0, 0.05) is 18.7 Å². The quantitative estimate of drug-likeness (QED) is 0.498. The first-order valence-electron chi connectivity index (χ1n) is 10.6. The first-order valence-corrected chi connectivity index (χ1v) is 10.6. The van der Waals surface area contributed by atoms with Crippen LogP contribution in [0.1, 0.15) is 28.9 Å². The molecule has 178 valence electrons. The van der Waals surface area contributed by atoms with Crippen molar-refractivity contribution in [1.82, 2.24) is 19.6 Å². The summed E-state index contributed by atoms with van der Waals surface area (Å²) in [4.78, 5) is 28.0. The van der Waals surface area contributed by atoms with Crippen molar-refractivity contribution in [3.8, 4) is 0 Å². The molecular formula is C22H24F4N4O3. The van der Waals surface area contributed by atoms with Gasteiger partial charge in [-0.2, -0.15) is 18.3 Å². The van der Waals surface area contributed by atoms with Crippen LogP contribution in [-0.4, -0.2) is 64.7 Å². The SMILES string of the molecule is COC(=O)C1CCN(CC(=O)N2CCc3c(C(F)(F)F)nn(Cc4ccc(F)cc4)c3C2)C1. The molecule has 0 bridgehead atoms. The molecule has 0 aliphatic carbocycles. The van der Waals surface area contributed by atoms with E-state index in [4.69, 9.17) is 4.74 Å². The number of alkyl halides is 3. The number of methoxy groups -OCH3 is 1. The van der Waals surface area contributed by atoms with E-state index in [2.05, 4.69) is 5.10 Å². The minimum atomic E-state index is -4.61. The molecule has 7 nitrogen and oxygen atoms in total. The van der Waals surface area contributed by atoms with E-state index < -0.39 is 17.7 Å². The molecule has 2 aromatic rings. The maximum absolute atomic E-state index is 13.6. The second-order valence-electron chi connectivity index (χ2n) is 8.36. The monoisotopic (exact) mass is 468 g/mol. The lowest BCUT2D eigenvalue weighted by molar-refractivity contribution is -0.145. The molecule has 1 amide bonds. The maximum Gasteiger partial charge on any atom is 0.435 e. The predicted octanol–water partition coefficient (Wildman–Crippen LogP) is 2.47. The number of esters is 1. The molecule has 2 aliphatic heterocycles. The van der Waals surface area contributed by atoms with Gasteiger partial charge in [0.15, 0.2) is 5.69 Å². The van der Waals surface area contributed by atoms with Gasteiger partial charge in [0.2, 0.25) is 5.91 Å². The molecule has 1 saturated heterocycles. The summed E-state index contributed by atoms with van der Waals surface area (Å²) in [5.41, 5.74) is 0.0951. The number of hydrogen-bond acceptors (Lipinski definition) is 5. The Morgan fingerprint density at radius 3 is 2.58 bits per heavy atom. The molecule has 11 heteroatoms. The summed E-state index contributed by atoms with van der Waals surface area (Å²) < 4.78 is 60.0. The minimum absolute atomic E-state index is 0.00666. The van der Waals surface area contributed by atoms with Crippen LogP contribution in [0.15, 0.2) is 24.3 Å². The van der Waals surface area contributed by atoms with Gasteiger partial charge in [0.05, 0.1) is 38.4 Å². The number of nitrogens with zero attached hydrogens (tertiary/aromatic N) is 4. The highest BCUT2D eigenvalue weighted by atomic mass is 19.4. The normalized spacial score (nSPS) is 18.9. The third-order valence-electron chi connectivity index (χ3n) is 6.17. The van der Waals surface area contributed by atoms with Crippen molar-refractivity contribution in [3.05, 3.63) is 52.6 Å². The summed E-state index contributed by atoms with van der Waals surface area (Å²) in [6.45, 7) is 1.27. The van der Waals surface area contributed by atoms with Gasteiger partial charge in [-0.1, -0.05) is 12.1 Å². The van der Waals surface area contributed by atoms with Crippen molar-refractivity contribution >= 4 is 11.9 Å². The lowest BCUT2D eigenvalue weighted by Crippen LogP contribution is -2.43. The Hall–Kier alpha value is -2.95. The fourth-order valence-corrected chi connectivity index (χ4v) is 4.44. The van der Waals surface area contributed by atoms with E-state index in [9.17, 15) is 27.2 Å². The molecule has 4 rings (SSSR count). The molecular weight excluding hydrogens is 444 g/mol. The molecule has 0 radical (unpaired) electrons. The van der Waals surface area contributed by atoms with Crippen LogP contribution in [0.3, 0.4) is 0 Å². The highest BCUT2D eigenvalue weighted by molar-refractivity contribution is 5.79. The van der Waals surface area contributed by atoms with Crippen molar-refractivity contribution < 1.29 is 31.9 Å². The first-order chi connectivity index (χ1) is 15.7. The lowest BCUT2D eigenvalue weighted by atomic mass is 10.0. The molecule has 1 atom stereocenters. The zero-order valence-electron chi connectivity index (χ0n) is 18.1. The van der Waals surface area contributed by atoms with Crippen LogP contribution in [-0.2, 0) is 40.0 Å². The molecule has 33 heavy (non-hydrogen) atoms. The fraction of sp³-hybridized carbons (Fsp3) is 0.500. The molecule has 3 heterocycles. The van der Waals surface area contributed by atoms with E-state index in [-0.39, 0.29) is 56.0 Å². The summed E-state index contributed by atoms with van der Waals surface area (Å²) >= 11 is 0. The number of halogens is 4. The molecule has 0 saturated carbocycles. The maximum atomic E-state index is 13.6. The number of fused-ring (bicyclic) bond motifs is 1. The van der Waals surface area contributed by atoms with E-state index in [0.29, 0.717) is 30.8 Å². The van der Waals surface area contributed by atoms with Crippen LogP contribution >= 0.6 is 0 Å². The van der Waals surface area contributed by atoms with E-state index in [1.54, 1.807) is 0 Å². The number of hydrogen-bond donors (Lipinski definition) is 0. The molecule has 1 fully saturated rings. The summed E-state index contributed by atoms with van der Waals surface area (Å²) in [7, 11) is 1.33. The van der Waals surface area contributed by atoms with E-state index in [0.717, 1.165) is 0 Å². The van der Waals surface area contributed by atoms with Gasteiger partial charge in [0.25, 0.3) is 0 Å². The number of carbonyl (C=O) groups is 2. The zero-order chi connectivity index (χ0) is 23.8. The van der Waals surface area contributed by atoms with Gasteiger partial charge in [-0.25, -0.2) is 4.39 Å². The number of carbonyl (C=O) groups excluding carboxylic acids is 2. The Kier molecular flexibility index (Phi) is 6.42. The van der Waals surface area contributed by atoms with Crippen LogP contribution < -0.4 is 0 Å². The number of rotatable bonds is 5. The Labute approximate surface area is 187 Å². The molecule has 1 unspecified atom stereocenters. The minimum Gasteiger partial charge on any atom is -0.469 e. The molecule has 1 aromatic carbocycles. The van der Waals surface area contributed by atoms with Gasteiger partial charge < -0.3 is 9.64 Å². The van der Waals surface area contributed by atoms with E-state index in [1.807, 2.05) is 4.90 Å². The highest BCUT2D eigenvalue weighted by Crippen LogP contribution is 2.35. The van der Waals surface area contributed by atoms with Gasteiger partial charge in [0.1, 0.15) is 5.82 Å². The fourth-order valence-electron chi connectivity index (χ4n) is 4.44. The van der Waals surface area contributed by atoms with Crippen LogP contribution in [0, 0.1) is 11.7 Å². The van der Waals surface area contributed by atoms with Crippen molar-refractivity contribution in [3.63, 3.8) is 0 Å². The van der Waals surface area contributed by atoms with Crippen molar-refractivity contribution in [1.29, 1.82) is 0 Å². The second kappa shape index (κ2) is 9.12. The van der Waals surface area contributed by atoms with Crippen LogP contribution in [0.25, 0.3) is 0 Å². The van der Waals surface area contributed by atoms with E-state index >= 15 is 0 Å². The third-order valence-corrected chi connectivity index (χ3v) is 6.17. The first kappa shape index (κ1) is 23.2. The topological polar surface area (TPSA) is 67.7 Å². The lowest BCUT2D eigenvalue weighted by Gasteiger charge is -2.29. The number of aromatic nitrogens is 2. The molecule has 2 aliphatic rings. The largest absolute Gasteiger partial charge is 0.469 e. The summed E-state index contributed by atoms with van der Waals surface area (Å²) in [6, 6.07) is 5.47. The average molecular weight is 468 g/mol. The number of amides is 1. The Balaban J connectivity index is 1.50. The van der Waals surface area contributed by atoms with E-state index in [1.165, 1.54) is 41.0 Å². The average Bonchev–Trinajstić information content (AvgIpc) is 3.39. The highest BCUT2D eigenvalue weighted by Gasteiger charge is 2.41. The Bertz CT molecular complexity index is 1040. The van der Waals surface area contributed by atoms with Crippen molar-refractivity contribution in [2.75, 3.05) is 33.3 Å². The smallest absolute Gasteiger partial charge is 0.435 e. The molecule has 1 aromatic heterocycles. The van der Waals surface area contributed by atoms with Crippen molar-refractivity contribution in [2.45, 2.75) is 32.1 Å². The van der Waals surface area contributed by atoms with Gasteiger partial charge in [-0.3, -0.25) is 19.2 Å². The van der Waals surface area contributed by atoms with Crippen LogP contribution in [0.2, 0.25) is 0 Å². The zero-order valence-corrected chi connectivity index (χ0v) is 18.1. The van der Waals surface area contributed by atoms with Crippen molar-refractivity contribution in [2.24, 2.45) is 5.92 Å². The Morgan fingerprint density at radius 1 is 1.18 bits per heavy atom. The third kappa shape index (κ3) is 5.02. The molecule has 0 spiro atoms. The summed E-state index contributed by atoms with van der Waals surface area (Å²) in [6.07, 6.45) is -3.96. The van der Waals surface area contributed by atoms with Gasteiger partial charge in [-0.05, 0) is 37.1 Å². The van der Waals surface area contributed by atoms with Crippen LogP contribution in [0.5, 0.6) is 0 Å². The van der Waals surface area contributed by atoms with Crippen LogP contribution in [0.4, 0.5) is 17.6 Å². The predicted molar refractivity (Wildman–Crippen MR) is 108 cm³/mol. The number of likely N-dealkylation sites (tertiary alicyclic amines) is 1. The van der Waals surface area contributed by atoms with Gasteiger partial charge >= 0.3 is 12.1 Å².